The molecule has 19 heavy (non-hydrogen) atoms. The minimum absolute atomic E-state index is 0.177. The molecule has 0 aliphatic rings. The number of nitrogens with one attached hydrogen (secondary N) is 1. The van der Waals surface area contributed by atoms with E-state index in [1.807, 2.05) is 18.2 Å². The highest BCUT2D eigenvalue weighted by Crippen LogP contribution is 2.35. The summed E-state index contributed by atoms with van der Waals surface area (Å²) in [5.41, 5.74) is 0.873. The molecule has 0 heterocycles. The van der Waals surface area contributed by atoms with Gasteiger partial charge >= 0.3 is 5.97 Å². The number of benzene rings is 1. The van der Waals surface area contributed by atoms with Crippen molar-refractivity contribution in [3.63, 3.8) is 0 Å². The number of rotatable bonds is 7. The molecule has 1 aromatic rings. The molecule has 0 aromatic heterocycles. The first-order valence-corrected chi connectivity index (χ1v) is 6.21. The van der Waals surface area contributed by atoms with E-state index in [0.29, 0.717) is 18.1 Å². The average Bonchev–Trinajstić information content (AvgIpc) is 2.44. The van der Waals surface area contributed by atoms with Crippen molar-refractivity contribution in [3.05, 3.63) is 23.8 Å². The number of ether oxygens (including phenoxy) is 3. The minimum atomic E-state index is -0.244. The van der Waals surface area contributed by atoms with Crippen molar-refractivity contribution in [2.45, 2.75) is 19.4 Å². The Balaban J connectivity index is 3.00. The van der Waals surface area contributed by atoms with E-state index in [2.05, 4.69) is 5.32 Å². The summed E-state index contributed by atoms with van der Waals surface area (Å²) < 4.78 is 15.6. The van der Waals surface area contributed by atoms with Crippen LogP contribution in [0.15, 0.2) is 18.2 Å². The van der Waals surface area contributed by atoms with E-state index in [-0.39, 0.29) is 18.4 Å². The van der Waals surface area contributed by atoms with E-state index in [1.165, 1.54) is 0 Å². The van der Waals surface area contributed by atoms with Gasteiger partial charge in [0.15, 0.2) is 11.5 Å². The third-order valence-electron chi connectivity index (χ3n) is 2.83. The Kier molecular flexibility index (Phi) is 6.15. The maximum atomic E-state index is 11.6. The molecule has 1 unspecified atom stereocenters. The fourth-order valence-electron chi connectivity index (χ4n) is 1.94. The highest BCUT2D eigenvalue weighted by atomic mass is 16.5. The fourth-order valence-corrected chi connectivity index (χ4v) is 1.94. The highest BCUT2D eigenvalue weighted by Gasteiger charge is 2.20. The molecule has 5 heteroatoms. The van der Waals surface area contributed by atoms with Crippen LogP contribution in [0.5, 0.6) is 11.5 Å². The maximum absolute atomic E-state index is 11.6. The summed E-state index contributed by atoms with van der Waals surface area (Å²) >= 11 is 0. The summed E-state index contributed by atoms with van der Waals surface area (Å²) in [6, 6.07) is 5.41. The van der Waals surface area contributed by atoms with Gasteiger partial charge in [-0.15, -0.1) is 0 Å². The van der Waals surface area contributed by atoms with Gasteiger partial charge in [0.25, 0.3) is 0 Å². The topological polar surface area (TPSA) is 56.8 Å². The predicted molar refractivity (Wildman–Crippen MR) is 72.6 cm³/mol. The second-order valence-electron chi connectivity index (χ2n) is 3.93. The van der Waals surface area contributed by atoms with Crippen molar-refractivity contribution >= 4 is 5.97 Å². The van der Waals surface area contributed by atoms with Gasteiger partial charge in [0.1, 0.15) is 0 Å². The number of para-hydroxylation sites is 1. The van der Waals surface area contributed by atoms with Crippen molar-refractivity contribution in [1.29, 1.82) is 0 Å². The number of methoxy groups -OCH3 is 2. The molecular formula is C14H21NO4. The monoisotopic (exact) mass is 267 g/mol. The summed E-state index contributed by atoms with van der Waals surface area (Å²) in [5, 5.41) is 3.10. The third kappa shape index (κ3) is 3.86. The quantitative estimate of drug-likeness (QED) is 0.765. The van der Waals surface area contributed by atoms with Crippen LogP contribution < -0.4 is 14.8 Å². The minimum Gasteiger partial charge on any atom is -0.493 e. The molecule has 5 nitrogen and oxygen atoms in total. The largest absolute Gasteiger partial charge is 0.493 e. The fraction of sp³-hybridized carbons (Fsp3) is 0.500. The summed E-state index contributed by atoms with van der Waals surface area (Å²) in [6.45, 7) is 2.17. The molecule has 0 amide bonds. The Morgan fingerprint density at radius 1 is 1.32 bits per heavy atom. The van der Waals surface area contributed by atoms with Crippen molar-refractivity contribution in [2.24, 2.45) is 0 Å². The van der Waals surface area contributed by atoms with Crippen molar-refractivity contribution in [3.8, 4) is 11.5 Å². The standard InChI is InChI=1S/C14H21NO4/c1-5-19-13(16)9-11(15-2)10-7-6-8-12(17-3)14(10)18-4/h6-8,11,15H,5,9H2,1-4H3. The maximum Gasteiger partial charge on any atom is 0.307 e. The first-order chi connectivity index (χ1) is 9.17. The molecule has 1 rings (SSSR count). The van der Waals surface area contributed by atoms with Gasteiger partial charge in [0, 0.05) is 11.6 Å². The Bertz CT molecular complexity index is 420. The summed E-state index contributed by atoms with van der Waals surface area (Å²) in [5.74, 6) is 1.03. The lowest BCUT2D eigenvalue weighted by Crippen LogP contribution is -2.22. The van der Waals surface area contributed by atoms with Crippen LogP contribution in [0.3, 0.4) is 0 Å². The second-order valence-corrected chi connectivity index (χ2v) is 3.93. The smallest absolute Gasteiger partial charge is 0.307 e. The zero-order valence-electron chi connectivity index (χ0n) is 11.9. The molecule has 1 atom stereocenters. The van der Waals surface area contributed by atoms with Gasteiger partial charge < -0.3 is 19.5 Å². The van der Waals surface area contributed by atoms with Crippen LogP contribution in [-0.2, 0) is 9.53 Å². The third-order valence-corrected chi connectivity index (χ3v) is 2.83. The van der Waals surface area contributed by atoms with E-state index >= 15 is 0 Å². The lowest BCUT2D eigenvalue weighted by molar-refractivity contribution is -0.143. The first-order valence-electron chi connectivity index (χ1n) is 6.21. The number of hydrogen-bond donors (Lipinski definition) is 1. The van der Waals surface area contributed by atoms with Crippen LogP contribution in [0.2, 0.25) is 0 Å². The number of carbonyl (C=O) groups excluding carboxylic acids is 1. The SMILES string of the molecule is CCOC(=O)CC(NC)c1cccc(OC)c1OC. The van der Waals surface area contributed by atoms with Crippen LogP contribution in [-0.4, -0.2) is 33.8 Å². The van der Waals surface area contributed by atoms with E-state index in [1.54, 1.807) is 28.2 Å². The number of carbonyl (C=O) groups is 1. The van der Waals surface area contributed by atoms with Crippen LogP contribution >= 0.6 is 0 Å². The second kappa shape index (κ2) is 7.63. The molecule has 0 bridgehead atoms. The van der Waals surface area contributed by atoms with Crippen LogP contribution in [0.1, 0.15) is 24.9 Å². The molecule has 0 aliphatic carbocycles. The average molecular weight is 267 g/mol. The molecule has 0 saturated carbocycles. The highest BCUT2D eigenvalue weighted by molar-refractivity contribution is 5.71. The van der Waals surface area contributed by atoms with E-state index in [4.69, 9.17) is 14.2 Å². The lowest BCUT2D eigenvalue weighted by Gasteiger charge is -2.20. The zero-order valence-corrected chi connectivity index (χ0v) is 11.9. The van der Waals surface area contributed by atoms with Crippen molar-refractivity contribution < 1.29 is 19.0 Å². The zero-order chi connectivity index (χ0) is 14.3. The summed E-state index contributed by atoms with van der Waals surface area (Å²) in [7, 11) is 4.96. The van der Waals surface area contributed by atoms with Crippen LogP contribution in [0.25, 0.3) is 0 Å². The van der Waals surface area contributed by atoms with Crippen LogP contribution in [0.4, 0.5) is 0 Å². The van der Waals surface area contributed by atoms with Gasteiger partial charge in [-0.05, 0) is 20.0 Å². The normalized spacial score (nSPS) is 11.8. The van der Waals surface area contributed by atoms with E-state index < -0.39 is 0 Å². The van der Waals surface area contributed by atoms with Gasteiger partial charge in [-0.25, -0.2) is 0 Å². The van der Waals surface area contributed by atoms with E-state index in [9.17, 15) is 4.79 Å². The molecule has 1 N–H and O–H groups in total. The molecule has 0 aliphatic heterocycles. The molecule has 1 aromatic carbocycles. The Morgan fingerprint density at radius 3 is 2.58 bits per heavy atom. The first kappa shape index (κ1) is 15.3. The summed E-state index contributed by atoms with van der Waals surface area (Å²) in [4.78, 5) is 11.6. The summed E-state index contributed by atoms with van der Waals surface area (Å²) in [6.07, 6.45) is 0.244. The van der Waals surface area contributed by atoms with Gasteiger partial charge in [0.2, 0.25) is 0 Å². The van der Waals surface area contributed by atoms with Gasteiger partial charge in [0.05, 0.1) is 27.2 Å². The van der Waals surface area contributed by atoms with Crippen LogP contribution in [0, 0.1) is 0 Å². The molecule has 0 radical (unpaired) electrons. The number of hydrogen-bond acceptors (Lipinski definition) is 5. The molecule has 0 saturated heterocycles. The predicted octanol–water partition coefficient (Wildman–Crippen LogP) is 1.92. The van der Waals surface area contributed by atoms with Crippen molar-refractivity contribution in [1.82, 2.24) is 5.32 Å². The molecule has 0 fully saturated rings. The van der Waals surface area contributed by atoms with Crippen molar-refractivity contribution in [2.75, 3.05) is 27.9 Å². The lowest BCUT2D eigenvalue weighted by atomic mass is 10.0. The molecule has 106 valence electrons. The van der Waals surface area contributed by atoms with Gasteiger partial charge in [-0.2, -0.15) is 0 Å². The Hall–Kier alpha value is -1.75. The Labute approximate surface area is 113 Å². The number of esters is 1. The van der Waals surface area contributed by atoms with E-state index in [0.717, 1.165) is 5.56 Å². The molecular weight excluding hydrogens is 246 g/mol. The Morgan fingerprint density at radius 2 is 2.05 bits per heavy atom. The van der Waals surface area contributed by atoms with Gasteiger partial charge in [-0.3, -0.25) is 4.79 Å². The van der Waals surface area contributed by atoms with Gasteiger partial charge in [-0.1, -0.05) is 12.1 Å². The molecule has 0 spiro atoms.